The molecule has 1 N–H and O–H groups in total. The number of benzene rings is 2. The monoisotopic (exact) mass is 450 g/mol. The minimum absolute atomic E-state index is 0.100. The predicted octanol–water partition coefficient (Wildman–Crippen LogP) is 4.97. The van der Waals surface area contributed by atoms with Crippen molar-refractivity contribution in [3.63, 3.8) is 0 Å². The van der Waals surface area contributed by atoms with Crippen LogP contribution < -0.4 is 10.1 Å². The second kappa shape index (κ2) is 11.0. The lowest BCUT2D eigenvalue weighted by Crippen LogP contribution is -2.51. The summed E-state index contributed by atoms with van der Waals surface area (Å²) < 4.78 is 11.5. The normalized spacial score (nSPS) is 16.1. The first-order valence-electron chi connectivity index (χ1n) is 11.4. The van der Waals surface area contributed by atoms with Gasteiger partial charge in [-0.15, -0.1) is 0 Å². The highest BCUT2D eigenvalue weighted by atomic mass is 16.6. The van der Waals surface area contributed by atoms with Crippen LogP contribution in [-0.2, 0) is 22.6 Å². The Labute approximate surface area is 196 Å². The molecule has 0 aliphatic carbocycles. The van der Waals surface area contributed by atoms with Gasteiger partial charge in [-0.05, 0) is 56.9 Å². The fourth-order valence-corrected chi connectivity index (χ4v) is 3.78. The van der Waals surface area contributed by atoms with E-state index in [1.807, 2.05) is 69.3 Å². The molecule has 2 aromatic rings. The van der Waals surface area contributed by atoms with Gasteiger partial charge in [0.05, 0.1) is 6.42 Å². The molecule has 33 heavy (non-hydrogen) atoms. The molecule has 0 unspecified atom stereocenters. The molecular formula is C27H34N2O4. The van der Waals surface area contributed by atoms with E-state index >= 15 is 0 Å². The third-order valence-electron chi connectivity index (χ3n) is 5.35. The van der Waals surface area contributed by atoms with E-state index in [0.29, 0.717) is 25.4 Å². The summed E-state index contributed by atoms with van der Waals surface area (Å²) in [6.45, 7) is 10.9. The molecule has 2 amide bonds. The number of nitrogens with one attached hydrogen (secondary N) is 1. The number of amides is 2. The lowest BCUT2D eigenvalue weighted by Gasteiger charge is -2.34. The smallest absolute Gasteiger partial charge is 0.410 e. The van der Waals surface area contributed by atoms with Gasteiger partial charge in [-0.25, -0.2) is 4.79 Å². The third kappa shape index (κ3) is 7.67. The van der Waals surface area contributed by atoms with Crippen molar-refractivity contribution in [1.29, 1.82) is 0 Å². The molecule has 0 aromatic heterocycles. The quantitative estimate of drug-likeness (QED) is 0.647. The van der Waals surface area contributed by atoms with Gasteiger partial charge in [0.1, 0.15) is 18.0 Å². The summed E-state index contributed by atoms with van der Waals surface area (Å²) in [7, 11) is 0. The van der Waals surface area contributed by atoms with Gasteiger partial charge < -0.3 is 19.7 Å². The zero-order chi connectivity index (χ0) is 23.8. The summed E-state index contributed by atoms with van der Waals surface area (Å²) in [6.07, 6.45) is 3.25. The zero-order valence-electron chi connectivity index (χ0n) is 19.8. The molecular weight excluding hydrogens is 416 g/mol. The van der Waals surface area contributed by atoms with Crippen molar-refractivity contribution in [3.05, 3.63) is 71.8 Å². The predicted molar refractivity (Wildman–Crippen MR) is 130 cm³/mol. The van der Waals surface area contributed by atoms with Crippen molar-refractivity contribution in [2.75, 3.05) is 13.1 Å². The topological polar surface area (TPSA) is 67.9 Å². The lowest BCUT2D eigenvalue weighted by molar-refractivity contribution is -0.121. The second-order valence-corrected chi connectivity index (χ2v) is 9.36. The molecule has 0 spiro atoms. The van der Waals surface area contributed by atoms with Gasteiger partial charge in [0.2, 0.25) is 5.91 Å². The molecule has 0 radical (unpaired) electrons. The highest BCUT2D eigenvalue weighted by Gasteiger charge is 2.28. The van der Waals surface area contributed by atoms with E-state index in [1.165, 1.54) is 0 Å². The van der Waals surface area contributed by atoms with Crippen molar-refractivity contribution in [3.8, 4) is 5.75 Å². The van der Waals surface area contributed by atoms with Crippen LogP contribution in [0.15, 0.2) is 55.1 Å². The molecule has 3 rings (SSSR count). The number of hydrogen-bond acceptors (Lipinski definition) is 4. The summed E-state index contributed by atoms with van der Waals surface area (Å²) in [5.41, 5.74) is 2.25. The van der Waals surface area contributed by atoms with Crippen LogP contribution in [0.1, 0.15) is 50.3 Å². The van der Waals surface area contributed by atoms with Crippen LogP contribution in [0, 0.1) is 0 Å². The van der Waals surface area contributed by atoms with E-state index in [-0.39, 0.29) is 24.5 Å². The average Bonchev–Trinajstić information content (AvgIpc) is 2.78. The molecule has 6 heteroatoms. The Bertz CT molecular complexity index is 966. The Hall–Kier alpha value is -3.28. The summed E-state index contributed by atoms with van der Waals surface area (Å²) in [5, 5.41) is 3.08. The Morgan fingerprint density at radius 2 is 1.94 bits per heavy atom. The summed E-state index contributed by atoms with van der Waals surface area (Å²) in [4.78, 5) is 27.0. The van der Waals surface area contributed by atoms with E-state index < -0.39 is 5.60 Å². The van der Waals surface area contributed by atoms with E-state index in [1.54, 1.807) is 11.0 Å². The molecule has 1 fully saturated rings. The van der Waals surface area contributed by atoms with Crippen LogP contribution in [0.2, 0.25) is 0 Å². The Balaban J connectivity index is 1.61. The van der Waals surface area contributed by atoms with Crippen LogP contribution in [-0.4, -0.2) is 41.6 Å². The molecule has 1 heterocycles. The minimum atomic E-state index is -0.542. The van der Waals surface area contributed by atoms with Crippen LogP contribution in [0.5, 0.6) is 5.75 Å². The highest BCUT2D eigenvalue weighted by Crippen LogP contribution is 2.23. The molecule has 0 bridgehead atoms. The molecule has 1 saturated heterocycles. The van der Waals surface area contributed by atoms with Crippen molar-refractivity contribution in [2.45, 2.75) is 58.3 Å². The molecule has 1 atom stereocenters. The van der Waals surface area contributed by atoms with Gasteiger partial charge in [-0.3, -0.25) is 4.79 Å². The lowest BCUT2D eigenvalue weighted by atomic mass is 10.0. The number of piperidine rings is 1. The van der Waals surface area contributed by atoms with Gasteiger partial charge in [-0.2, -0.15) is 0 Å². The molecule has 6 nitrogen and oxygen atoms in total. The molecule has 0 saturated carbocycles. The number of hydrogen-bond donors (Lipinski definition) is 1. The summed E-state index contributed by atoms with van der Waals surface area (Å²) in [6, 6.07) is 15.6. The van der Waals surface area contributed by atoms with Gasteiger partial charge in [0.25, 0.3) is 0 Å². The standard InChI is InChI=1S/C27H34N2O4/c1-5-20-13-14-24(32-19-21-10-7-6-8-11-21)22(16-20)17-25(30)28-23-12-9-15-29(18-23)26(31)33-27(2,3)4/h5-8,10-11,13-14,16,23H,1,9,12,15,17-19H2,2-4H3,(H,28,30)/t23-/m1/s1. The number of carbonyl (C=O) groups is 2. The maximum absolute atomic E-state index is 12.9. The maximum Gasteiger partial charge on any atom is 0.410 e. The van der Waals surface area contributed by atoms with Crippen molar-refractivity contribution in [1.82, 2.24) is 10.2 Å². The Morgan fingerprint density at radius 1 is 1.18 bits per heavy atom. The maximum atomic E-state index is 12.9. The van der Waals surface area contributed by atoms with Gasteiger partial charge >= 0.3 is 6.09 Å². The van der Waals surface area contributed by atoms with Gasteiger partial charge in [0, 0.05) is 24.7 Å². The molecule has 1 aliphatic heterocycles. The number of nitrogens with zero attached hydrogens (tertiary/aromatic N) is 1. The number of ether oxygens (including phenoxy) is 2. The molecule has 2 aromatic carbocycles. The minimum Gasteiger partial charge on any atom is -0.489 e. The number of carbonyl (C=O) groups excluding carboxylic acids is 2. The van der Waals surface area contributed by atoms with Crippen molar-refractivity contribution in [2.24, 2.45) is 0 Å². The summed E-state index contributed by atoms with van der Waals surface area (Å²) >= 11 is 0. The van der Waals surface area contributed by atoms with Gasteiger partial charge in [-0.1, -0.05) is 49.1 Å². The van der Waals surface area contributed by atoms with Gasteiger partial charge in [0.15, 0.2) is 0 Å². The fourth-order valence-electron chi connectivity index (χ4n) is 3.78. The largest absolute Gasteiger partial charge is 0.489 e. The van der Waals surface area contributed by atoms with E-state index in [2.05, 4.69) is 11.9 Å². The zero-order valence-corrected chi connectivity index (χ0v) is 19.8. The summed E-state index contributed by atoms with van der Waals surface area (Å²) in [5.74, 6) is 0.579. The fraction of sp³-hybridized carbons (Fsp3) is 0.407. The average molecular weight is 451 g/mol. The second-order valence-electron chi connectivity index (χ2n) is 9.36. The first-order chi connectivity index (χ1) is 15.7. The number of likely N-dealkylation sites (tertiary alicyclic amines) is 1. The molecule has 1 aliphatic rings. The first-order valence-corrected chi connectivity index (χ1v) is 11.4. The van der Waals surface area contributed by atoms with Crippen LogP contribution in [0.3, 0.4) is 0 Å². The van der Waals surface area contributed by atoms with Crippen molar-refractivity contribution < 1.29 is 19.1 Å². The molecule has 176 valence electrons. The Kier molecular flexibility index (Phi) is 8.15. The Morgan fingerprint density at radius 3 is 2.64 bits per heavy atom. The highest BCUT2D eigenvalue weighted by molar-refractivity contribution is 5.80. The number of rotatable bonds is 7. The van der Waals surface area contributed by atoms with Crippen molar-refractivity contribution >= 4 is 18.1 Å². The first kappa shape index (κ1) is 24.4. The van der Waals surface area contributed by atoms with Crippen LogP contribution >= 0.6 is 0 Å². The van der Waals surface area contributed by atoms with E-state index in [0.717, 1.165) is 29.5 Å². The van der Waals surface area contributed by atoms with E-state index in [4.69, 9.17) is 9.47 Å². The SMILES string of the molecule is C=Cc1ccc(OCc2ccccc2)c(CC(=O)N[C@@H]2CCCN(C(=O)OC(C)(C)C)C2)c1. The van der Waals surface area contributed by atoms with Crippen LogP contribution in [0.25, 0.3) is 6.08 Å². The van der Waals surface area contributed by atoms with E-state index in [9.17, 15) is 9.59 Å². The third-order valence-corrected chi connectivity index (χ3v) is 5.35. The van der Waals surface area contributed by atoms with Crippen LogP contribution in [0.4, 0.5) is 4.79 Å².